The number of likely N-dealkylation sites (N-methyl/N-ethyl adjacent to an activating group) is 2. The first kappa shape index (κ1) is 17.5. The summed E-state index contributed by atoms with van der Waals surface area (Å²) in [6.07, 6.45) is 0.469. The van der Waals surface area contributed by atoms with Gasteiger partial charge in [0.25, 0.3) is 0 Å². The highest BCUT2D eigenvalue weighted by atomic mass is 16.2. The Hall–Kier alpha value is -2.37. The second-order valence-electron chi connectivity index (χ2n) is 6.44. The second-order valence-corrected chi connectivity index (χ2v) is 6.44. The number of carbonyl (C=O) groups excluding carboxylic acids is 2. The maximum absolute atomic E-state index is 12.7. The molecule has 1 aromatic carbocycles. The smallest absolute Gasteiger partial charge is 0.242 e. The Morgan fingerprint density at radius 3 is 2.60 bits per heavy atom. The zero-order valence-corrected chi connectivity index (χ0v) is 15.2. The summed E-state index contributed by atoms with van der Waals surface area (Å²) in [5.74, 6) is 1.16. The van der Waals surface area contributed by atoms with E-state index in [1.165, 1.54) is 0 Å². The summed E-state index contributed by atoms with van der Waals surface area (Å²) in [6.45, 7) is 9.03. The summed E-state index contributed by atoms with van der Waals surface area (Å²) >= 11 is 0. The standard InChI is InChI=1S/C19H26N4O2/c1-4-21(5-2)18(25)13-23-16-10-8-7-9-15(16)20-19(23)14-11-17(24)22(6-3)12-14/h7-10,14H,4-6,11-13H2,1-3H3. The van der Waals surface area contributed by atoms with Crippen LogP contribution in [0.2, 0.25) is 0 Å². The van der Waals surface area contributed by atoms with E-state index in [2.05, 4.69) is 0 Å². The van der Waals surface area contributed by atoms with Crippen molar-refractivity contribution >= 4 is 22.8 Å². The van der Waals surface area contributed by atoms with Gasteiger partial charge in [-0.05, 0) is 32.9 Å². The molecule has 1 aliphatic heterocycles. The van der Waals surface area contributed by atoms with Gasteiger partial charge in [-0.15, -0.1) is 0 Å². The highest BCUT2D eigenvalue weighted by Crippen LogP contribution is 2.30. The van der Waals surface area contributed by atoms with Crippen molar-refractivity contribution in [3.05, 3.63) is 30.1 Å². The van der Waals surface area contributed by atoms with Crippen LogP contribution in [0.4, 0.5) is 0 Å². The van der Waals surface area contributed by atoms with Crippen LogP contribution in [0.15, 0.2) is 24.3 Å². The summed E-state index contributed by atoms with van der Waals surface area (Å²) < 4.78 is 2.01. The first-order valence-electron chi connectivity index (χ1n) is 9.09. The highest BCUT2D eigenvalue weighted by molar-refractivity contribution is 5.83. The van der Waals surface area contributed by atoms with E-state index in [0.29, 0.717) is 32.6 Å². The molecule has 2 amide bonds. The number of amides is 2. The Morgan fingerprint density at radius 2 is 1.96 bits per heavy atom. The molecule has 0 N–H and O–H groups in total. The van der Waals surface area contributed by atoms with Gasteiger partial charge in [0.05, 0.1) is 11.0 Å². The number of imidazole rings is 1. The molecule has 1 fully saturated rings. The third-order valence-electron chi connectivity index (χ3n) is 5.05. The molecule has 0 saturated carbocycles. The first-order valence-corrected chi connectivity index (χ1v) is 9.09. The molecular weight excluding hydrogens is 316 g/mol. The molecule has 0 bridgehead atoms. The molecule has 0 aliphatic carbocycles. The highest BCUT2D eigenvalue weighted by Gasteiger charge is 2.33. The van der Waals surface area contributed by atoms with Gasteiger partial charge in [0.2, 0.25) is 11.8 Å². The monoisotopic (exact) mass is 342 g/mol. The molecule has 6 nitrogen and oxygen atoms in total. The lowest BCUT2D eigenvalue weighted by molar-refractivity contribution is -0.131. The van der Waals surface area contributed by atoms with Crippen LogP contribution < -0.4 is 0 Å². The van der Waals surface area contributed by atoms with E-state index in [-0.39, 0.29) is 24.3 Å². The molecule has 2 heterocycles. The number of likely N-dealkylation sites (tertiary alicyclic amines) is 1. The lowest BCUT2D eigenvalue weighted by Gasteiger charge is -2.21. The van der Waals surface area contributed by atoms with Gasteiger partial charge in [0, 0.05) is 38.5 Å². The predicted molar refractivity (Wildman–Crippen MR) is 97.3 cm³/mol. The van der Waals surface area contributed by atoms with Crippen LogP contribution in [-0.2, 0) is 16.1 Å². The molecule has 1 atom stereocenters. The van der Waals surface area contributed by atoms with Gasteiger partial charge in [-0.25, -0.2) is 4.98 Å². The fourth-order valence-electron chi connectivity index (χ4n) is 3.63. The van der Waals surface area contributed by atoms with Crippen molar-refractivity contribution in [3.63, 3.8) is 0 Å². The Bertz CT molecular complexity index is 779. The second kappa shape index (κ2) is 7.25. The number of para-hydroxylation sites is 2. The van der Waals surface area contributed by atoms with Gasteiger partial charge in [0.1, 0.15) is 12.4 Å². The molecule has 1 unspecified atom stereocenters. The summed E-state index contributed by atoms with van der Waals surface area (Å²) in [5.41, 5.74) is 1.84. The van der Waals surface area contributed by atoms with E-state index >= 15 is 0 Å². The average Bonchev–Trinajstić information content (AvgIpc) is 3.16. The van der Waals surface area contributed by atoms with Crippen LogP contribution in [0.3, 0.4) is 0 Å². The van der Waals surface area contributed by atoms with Crippen LogP contribution in [0.25, 0.3) is 11.0 Å². The Morgan fingerprint density at radius 1 is 1.24 bits per heavy atom. The van der Waals surface area contributed by atoms with Gasteiger partial charge in [-0.3, -0.25) is 9.59 Å². The van der Waals surface area contributed by atoms with Crippen molar-refractivity contribution in [1.82, 2.24) is 19.4 Å². The molecule has 134 valence electrons. The van der Waals surface area contributed by atoms with Crippen molar-refractivity contribution in [2.75, 3.05) is 26.2 Å². The van der Waals surface area contributed by atoms with Gasteiger partial charge in [0.15, 0.2) is 0 Å². The molecule has 6 heteroatoms. The molecule has 2 aromatic rings. The van der Waals surface area contributed by atoms with Gasteiger partial charge in [-0.2, -0.15) is 0 Å². The number of carbonyl (C=O) groups is 2. The van der Waals surface area contributed by atoms with Crippen molar-refractivity contribution in [2.24, 2.45) is 0 Å². The number of rotatable bonds is 6. The minimum Gasteiger partial charge on any atom is -0.342 e. The van der Waals surface area contributed by atoms with Gasteiger partial charge >= 0.3 is 0 Å². The third kappa shape index (κ3) is 3.25. The maximum Gasteiger partial charge on any atom is 0.242 e. The fourth-order valence-corrected chi connectivity index (χ4v) is 3.63. The van der Waals surface area contributed by atoms with Gasteiger partial charge < -0.3 is 14.4 Å². The Labute approximate surface area is 148 Å². The number of fused-ring (bicyclic) bond motifs is 1. The van der Waals surface area contributed by atoms with Crippen molar-refractivity contribution in [1.29, 1.82) is 0 Å². The molecule has 3 rings (SSSR count). The topological polar surface area (TPSA) is 58.4 Å². The zero-order valence-electron chi connectivity index (χ0n) is 15.2. The number of nitrogens with zero attached hydrogens (tertiary/aromatic N) is 4. The molecule has 1 aliphatic rings. The average molecular weight is 342 g/mol. The Balaban J connectivity index is 1.98. The largest absolute Gasteiger partial charge is 0.342 e. The number of benzene rings is 1. The van der Waals surface area contributed by atoms with Crippen LogP contribution in [0.1, 0.15) is 38.9 Å². The SMILES string of the molecule is CCN(CC)C(=O)Cn1c(C2CC(=O)N(CC)C2)nc2ccccc21. The molecule has 25 heavy (non-hydrogen) atoms. The van der Waals surface area contributed by atoms with Crippen LogP contribution in [-0.4, -0.2) is 57.3 Å². The van der Waals surface area contributed by atoms with E-state index in [1.54, 1.807) is 0 Å². The predicted octanol–water partition coefficient (Wildman–Crippen LogP) is 2.24. The quantitative estimate of drug-likeness (QED) is 0.809. The van der Waals surface area contributed by atoms with Crippen molar-refractivity contribution < 1.29 is 9.59 Å². The molecule has 1 saturated heterocycles. The van der Waals surface area contributed by atoms with Crippen LogP contribution in [0, 0.1) is 0 Å². The van der Waals surface area contributed by atoms with E-state index in [4.69, 9.17) is 4.98 Å². The Kier molecular flexibility index (Phi) is 5.06. The minimum atomic E-state index is 0.0457. The number of hydrogen-bond donors (Lipinski definition) is 0. The molecular formula is C19H26N4O2. The van der Waals surface area contributed by atoms with E-state index in [9.17, 15) is 9.59 Å². The normalized spacial score (nSPS) is 17.5. The summed E-state index contributed by atoms with van der Waals surface area (Å²) in [4.78, 5) is 33.3. The van der Waals surface area contributed by atoms with Crippen molar-refractivity contribution in [3.8, 4) is 0 Å². The third-order valence-corrected chi connectivity index (χ3v) is 5.05. The molecule has 0 radical (unpaired) electrons. The van der Waals surface area contributed by atoms with E-state index in [0.717, 1.165) is 16.9 Å². The number of aromatic nitrogens is 2. The van der Waals surface area contributed by atoms with Crippen LogP contribution in [0.5, 0.6) is 0 Å². The zero-order chi connectivity index (χ0) is 18.0. The fraction of sp³-hybridized carbons (Fsp3) is 0.526. The lowest BCUT2D eigenvalue weighted by atomic mass is 10.1. The van der Waals surface area contributed by atoms with Crippen molar-refractivity contribution in [2.45, 2.75) is 39.7 Å². The molecule has 0 spiro atoms. The summed E-state index contributed by atoms with van der Waals surface area (Å²) in [7, 11) is 0. The first-order chi connectivity index (χ1) is 12.1. The van der Waals surface area contributed by atoms with Crippen LogP contribution >= 0.6 is 0 Å². The van der Waals surface area contributed by atoms with Gasteiger partial charge in [-0.1, -0.05) is 12.1 Å². The summed E-state index contributed by atoms with van der Waals surface area (Å²) in [5, 5.41) is 0. The van der Waals surface area contributed by atoms with E-state index in [1.807, 2.05) is 59.4 Å². The lowest BCUT2D eigenvalue weighted by Crippen LogP contribution is -2.34. The molecule has 1 aromatic heterocycles. The summed E-state index contributed by atoms with van der Waals surface area (Å²) in [6, 6.07) is 7.87. The maximum atomic E-state index is 12.7. The minimum absolute atomic E-state index is 0.0457. The number of hydrogen-bond acceptors (Lipinski definition) is 3. The van der Waals surface area contributed by atoms with E-state index < -0.39 is 0 Å².